The molecule has 164 valence electrons. The van der Waals surface area contributed by atoms with Gasteiger partial charge in [-0.3, -0.25) is 4.79 Å². The van der Waals surface area contributed by atoms with E-state index >= 15 is 0 Å². The Hall–Kier alpha value is -4.27. The zero-order valence-corrected chi connectivity index (χ0v) is 17.6. The van der Waals surface area contributed by atoms with Crippen molar-refractivity contribution in [3.63, 3.8) is 0 Å². The van der Waals surface area contributed by atoms with Gasteiger partial charge in [-0.1, -0.05) is 0 Å². The van der Waals surface area contributed by atoms with Gasteiger partial charge < -0.3 is 27.8 Å². The van der Waals surface area contributed by atoms with E-state index in [2.05, 4.69) is 0 Å². The molecule has 2 heterocycles. The molecule has 4 aromatic rings. The van der Waals surface area contributed by atoms with E-state index in [1.54, 1.807) is 12.1 Å². The first-order valence-electron chi connectivity index (χ1n) is 9.34. The van der Waals surface area contributed by atoms with Crippen LogP contribution in [-0.2, 0) is 0 Å². The molecule has 0 aliphatic rings. The van der Waals surface area contributed by atoms with E-state index in [1.165, 1.54) is 52.7 Å². The maximum Gasteiger partial charge on any atom is 0.347 e. The third-order valence-corrected chi connectivity index (χ3v) is 4.98. The van der Waals surface area contributed by atoms with Crippen LogP contribution < -0.4 is 30.2 Å². The number of benzene rings is 2. The number of ether oxygens (including phenoxy) is 4. The number of methoxy groups -OCH3 is 4. The number of rotatable bonds is 6. The Bertz CT molecular complexity index is 1370. The van der Waals surface area contributed by atoms with Crippen LogP contribution in [0.4, 0.5) is 0 Å². The third kappa shape index (κ3) is 3.43. The van der Waals surface area contributed by atoms with E-state index in [0.717, 1.165) is 0 Å². The van der Waals surface area contributed by atoms with Crippen LogP contribution in [0, 0.1) is 0 Å². The molecule has 2 aromatic carbocycles. The summed E-state index contributed by atoms with van der Waals surface area (Å²) in [7, 11) is 5.78. The predicted octanol–water partition coefficient (Wildman–Crippen LogP) is 3.16. The Kier molecular flexibility index (Phi) is 5.31. The van der Waals surface area contributed by atoms with E-state index in [1.807, 2.05) is 0 Å². The van der Waals surface area contributed by atoms with Crippen LogP contribution in [0.3, 0.4) is 0 Å². The molecule has 0 saturated carbocycles. The molecule has 0 N–H and O–H groups in total. The Morgan fingerprint density at radius 2 is 1.03 bits per heavy atom. The number of hydrogen-bond donors (Lipinski definition) is 0. The van der Waals surface area contributed by atoms with Gasteiger partial charge in [-0.2, -0.15) is 0 Å². The standard InChI is InChI=1S/C23H18O9/c1-27-11-5-17(29-3)13-9-15(22(25)31-19(13)7-11)21(24)16-10-14-18(30-4)6-12(28-2)8-20(14)32-23(16)26/h5-10H,1-4H3. The molecule has 0 atom stereocenters. The highest BCUT2D eigenvalue weighted by atomic mass is 16.5. The molecule has 0 aliphatic heterocycles. The fourth-order valence-corrected chi connectivity index (χ4v) is 3.36. The normalized spacial score (nSPS) is 10.9. The Labute approximate surface area is 180 Å². The third-order valence-electron chi connectivity index (χ3n) is 4.98. The molecule has 4 rings (SSSR count). The predicted molar refractivity (Wildman–Crippen MR) is 115 cm³/mol. The summed E-state index contributed by atoms with van der Waals surface area (Å²) < 4.78 is 31.6. The molecule has 9 heteroatoms. The molecule has 0 bridgehead atoms. The molecular formula is C23H18O9. The number of ketones is 1. The van der Waals surface area contributed by atoms with Gasteiger partial charge in [0, 0.05) is 24.3 Å². The lowest BCUT2D eigenvalue weighted by Gasteiger charge is -2.10. The minimum atomic E-state index is -0.918. The Morgan fingerprint density at radius 1 is 0.625 bits per heavy atom. The highest BCUT2D eigenvalue weighted by molar-refractivity contribution is 6.11. The fraction of sp³-hybridized carbons (Fsp3) is 0.174. The van der Waals surface area contributed by atoms with Gasteiger partial charge in [0.1, 0.15) is 45.3 Å². The second-order valence-electron chi connectivity index (χ2n) is 6.71. The minimum absolute atomic E-state index is 0.169. The number of carbonyl (C=O) groups is 1. The quantitative estimate of drug-likeness (QED) is 0.331. The average Bonchev–Trinajstić information content (AvgIpc) is 2.80. The highest BCUT2D eigenvalue weighted by Crippen LogP contribution is 2.33. The van der Waals surface area contributed by atoms with E-state index < -0.39 is 17.0 Å². The van der Waals surface area contributed by atoms with Crippen LogP contribution in [0.15, 0.2) is 54.8 Å². The summed E-state index contributed by atoms with van der Waals surface area (Å²) in [5, 5.41) is 0.729. The van der Waals surface area contributed by atoms with Crippen LogP contribution in [0.1, 0.15) is 15.9 Å². The smallest absolute Gasteiger partial charge is 0.347 e. The van der Waals surface area contributed by atoms with E-state index in [4.69, 9.17) is 27.8 Å². The van der Waals surface area contributed by atoms with Gasteiger partial charge in [-0.05, 0) is 12.1 Å². The van der Waals surface area contributed by atoms with Crippen LogP contribution in [0.2, 0.25) is 0 Å². The summed E-state index contributed by atoms with van der Waals surface area (Å²) in [5.41, 5.74) is -2.19. The van der Waals surface area contributed by atoms with Crippen molar-refractivity contribution in [3.8, 4) is 23.0 Å². The second kappa shape index (κ2) is 8.10. The Balaban J connectivity index is 1.92. The van der Waals surface area contributed by atoms with Gasteiger partial charge in [0.2, 0.25) is 5.78 Å². The van der Waals surface area contributed by atoms with Crippen molar-refractivity contribution in [2.45, 2.75) is 0 Å². The summed E-state index contributed by atoms with van der Waals surface area (Å²) in [6, 6.07) is 8.79. The molecule has 0 aliphatic carbocycles. The lowest BCUT2D eigenvalue weighted by atomic mass is 10.0. The first-order valence-corrected chi connectivity index (χ1v) is 9.34. The van der Waals surface area contributed by atoms with E-state index in [0.29, 0.717) is 33.8 Å². The Morgan fingerprint density at radius 3 is 1.38 bits per heavy atom. The second-order valence-corrected chi connectivity index (χ2v) is 6.71. The van der Waals surface area contributed by atoms with Gasteiger partial charge in [0.05, 0.1) is 39.2 Å². The van der Waals surface area contributed by atoms with Crippen LogP contribution >= 0.6 is 0 Å². The first-order chi connectivity index (χ1) is 15.4. The zero-order chi connectivity index (χ0) is 23.0. The van der Waals surface area contributed by atoms with Crippen molar-refractivity contribution >= 4 is 27.7 Å². The van der Waals surface area contributed by atoms with Gasteiger partial charge in [-0.15, -0.1) is 0 Å². The van der Waals surface area contributed by atoms with Crippen LogP contribution in [-0.4, -0.2) is 34.2 Å². The number of fused-ring (bicyclic) bond motifs is 2. The van der Waals surface area contributed by atoms with Crippen molar-refractivity contribution in [1.29, 1.82) is 0 Å². The lowest BCUT2D eigenvalue weighted by Crippen LogP contribution is -2.21. The van der Waals surface area contributed by atoms with Gasteiger partial charge in [-0.25, -0.2) is 9.59 Å². The van der Waals surface area contributed by atoms with Crippen molar-refractivity contribution in [3.05, 3.63) is 68.4 Å². The lowest BCUT2D eigenvalue weighted by molar-refractivity contribution is 0.103. The van der Waals surface area contributed by atoms with E-state index in [-0.39, 0.29) is 22.3 Å². The maximum atomic E-state index is 13.2. The average molecular weight is 438 g/mol. The molecule has 0 amide bonds. The summed E-state index contributed by atoms with van der Waals surface area (Å²) in [6.45, 7) is 0. The molecular weight excluding hydrogens is 420 g/mol. The highest BCUT2D eigenvalue weighted by Gasteiger charge is 2.23. The van der Waals surface area contributed by atoms with Gasteiger partial charge >= 0.3 is 11.3 Å². The van der Waals surface area contributed by atoms with Crippen molar-refractivity contribution in [1.82, 2.24) is 0 Å². The molecule has 0 radical (unpaired) electrons. The topological polar surface area (TPSA) is 114 Å². The maximum absolute atomic E-state index is 13.2. The molecule has 0 fully saturated rings. The molecule has 9 nitrogen and oxygen atoms in total. The summed E-state index contributed by atoms with van der Waals surface area (Å²) in [4.78, 5) is 38.3. The monoisotopic (exact) mass is 438 g/mol. The van der Waals surface area contributed by atoms with Crippen LogP contribution in [0.5, 0.6) is 23.0 Å². The minimum Gasteiger partial charge on any atom is -0.496 e. The fourth-order valence-electron chi connectivity index (χ4n) is 3.36. The summed E-state index contributed by atoms with van der Waals surface area (Å²) >= 11 is 0. The SMILES string of the molecule is COc1cc(OC)c2cc(C(=O)c3cc4c(OC)cc(OC)cc4oc3=O)c(=O)oc2c1. The summed E-state index contributed by atoms with van der Waals surface area (Å²) in [5.74, 6) is 0.628. The first kappa shape index (κ1) is 21.0. The van der Waals surface area contributed by atoms with Gasteiger partial charge in [0.15, 0.2) is 0 Å². The van der Waals surface area contributed by atoms with Gasteiger partial charge in [0.25, 0.3) is 0 Å². The molecule has 2 aromatic heterocycles. The van der Waals surface area contributed by atoms with E-state index in [9.17, 15) is 14.4 Å². The molecule has 0 spiro atoms. The van der Waals surface area contributed by atoms with Crippen LogP contribution in [0.25, 0.3) is 21.9 Å². The molecule has 0 unspecified atom stereocenters. The number of hydrogen-bond acceptors (Lipinski definition) is 9. The van der Waals surface area contributed by atoms with Crippen molar-refractivity contribution in [2.75, 3.05) is 28.4 Å². The van der Waals surface area contributed by atoms with Crippen molar-refractivity contribution in [2.24, 2.45) is 0 Å². The van der Waals surface area contributed by atoms with Crippen molar-refractivity contribution < 1.29 is 32.6 Å². The zero-order valence-electron chi connectivity index (χ0n) is 17.6. The molecule has 32 heavy (non-hydrogen) atoms. The summed E-state index contributed by atoms with van der Waals surface area (Å²) in [6.07, 6.45) is 0. The molecule has 0 saturated heterocycles. The number of carbonyl (C=O) groups excluding carboxylic acids is 1. The largest absolute Gasteiger partial charge is 0.496 e.